The first kappa shape index (κ1) is 36.9. The molecule has 3 aromatic carbocycles. The third-order valence-electron chi connectivity index (χ3n) is 3.04. The number of rotatable bonds is 3. The number of phosphoric acid groups is 2. The molecule has 0 heterocycles. The molecule has 14 heteroatoms. The van der Waals surface area contributed by atoms with E-state index in [0.717, 1.165) is 0 Å². The molecule has 0 atom stereocenters. The van der Waals surface area contributed by atoms with Gasteiger partial charge in [0.1, 0.15) is 0 Å². The van der Waals surface area contributed by atoms with Gasteiger partial charge in [0.2, 0.25) is 0 Å². The van der Waals surface area contributed by atoms with E-state index in [-0.39, 0.29) is 61.3 Å². The van der Waals surface area contributed by atoms with E-state index in [0.29, 0.717) is 0 Å². The van der Waals surface area contributed by atoms with Crippen LogP contribution in [-0.2, 0) is 70.4 Å². The number of benzene rings is 3. The predicted molar refractivity (Wildman–Crippen MR) is 100 cm³/mol. The van der Waals surface area contributed by atoms with Gasteiger partial charge in [-0.05, 0) is 23.8 Å². The number of hydrogen-bond acceptors (Lipinski definition) is 8. The molecule has 0 aliphatic heterocycles. The van der Waals surface area contributed by atoms with Gasteiger partial charge in [-0.25, -0.2) is 0 Å². The molecule has 0 aromatic heterocycles. The zero-order valence-electron chi connectivity index (χ0n) is 15.7. The standard InChI is InChI=1S/C18H15P.2H3O4P.3Pd/c1-4-10-16(11-5-1)19(17-12-6-2-7-13-17)18-14-8-3-9-15-18;2*1-5(2,3)4;;;/h1-15H;2*(H3,1,2,3,4);;;/q;;;3*+2/p-6. The smallest absolute Gasteiger partial charge is 0.822 e. The summed E-state index contributed by atoms with van der Waals surface area (Å²) in [4.78, 5) is 51.3. The largest absolute Gasteiger partial charge is 2.00 e. The summed E-state index contributed by atoms with van der Waals surface area (Å²) in [5.74, 6) is 0. The van der Waals surface area contributed by atoms with Crippen molar-refractivity contribution in [2.24, 2.45) is 0 Å². The maximum Gasteiger partial charge on any atom is 2.00 e. The van der Waals surface area contributed by atoms with Gasteiger partial charge in [-0.1, -0.05) is 91.0 Å². The van der Waals surface area contributed by atoms with E-state index in [2.05, 4.69) is 91.0 Å². The quantitative estimate of drug-likeness (QED) is 0.213. The van der Waals surface area contributed by atoms with Crippen LogP contribution < -0.4 is 45.3 Å². The van der Waals surface area contributed by atoms with Gasteiger partial charge in [0.05, 0.1) is 0 Å². The van der Waals surface area contributed by atoms with Crippen LogP contribution >= 0.6 is 23.6 Å². The van der Waals surface area contributed by atoms with Crippen molar-refractivity contribution >= 4 is 39.5 Å². The number of hydrogen-bond donors (Lipinski definition) is 0. The Labute approximate surface area is 228 Å². The van der Waals surface area contributed by atoms with Crippen LogP contribution in [0.2, 0.25) is 0 Å². The van der Waals surface area contributed by atoms with Gasteiger partial charge >= 0.3 is 61.3 Å². The Morgan fingerprint density at radius 2 is 0.594 bits per heavy atom. The molecule has 3 rings (SSSR count). The molecule has 8 nitrogen and oxygen atoms in total. The second-order valence-electron chi connectivity index (χ2n) is 5.24. The zero-order valence-corrected chi connectivity index (χ0v) is 23.1. The molecule has 0 bridgehead atoms. The van der Waals surface area contributed by atoms with Crippen molar-refractivity contribution in [2.45, 2.75) is 0 Å². The normalized spacial score (nSPS) is 9.97. The van der Waals surface area contributed by atoms with Crippen LogP contribution in [0, 0.1) is 0 Å². The average molecular weight is 771 g/mol. The van der Waals surface area contributed by atoms with Crippen LogP contribution in [0.15, 0.2) is 91.0 Å². The third-order valence-corrected chi connectivity index (χ3v) is 5.49. The Balaban J connectivity index is -0.000000554. The Morgan fingerprint density at radius 1 is 0.438 bits per heavy atom. The minimum Gasteiger partial charge on any atom is -0.822 e. The molecule has 0 fully saturated rings. The summed E-state index contributed by atoms with van der Waals surface area (Å²) >= 11 is 0. The van der Waals surface area contributed by atoms with Crippen molar-refractivity contribution in [2.75, 3.05) is 0 Å². The second-order valence-corrected chi connectivity index (χ2v) is 9.25. The third kappa shape index (κ3) is 19.7. The van der Waals surface area contributed by atoms with E-state index in [9.17, 15) is 0 Å². The first-order valence-electron chi connectivity index (χ1n) is 7.86. The van der Waals surface area contributed by atoms with Crippen molar-refractivity contribution < 1.29 is 99.8 Å². The van der Waals surface area contributed by atoms with Crippen LogP contribution in [0.4, 0.5) is 0 Å². The maximum absolute atomic E-state index is 8.55. The summed E-state index contributed by atoms with van der Waals surface area (Å²) in [6.07, 6.45) is 0. The summed E-state index contributed by atoms with van der Waals surface area (Å²) in [7, 11) is -11.2. The van der Waals surface area contributed by atoms with Crippen molar-refractivity contribution in [3.63, 3.8) is 0 Å². The zero-order chi connectivity index (χ0) is 21.9. The molecule has 0 amide bonds. The fraction of sp³-hybridized carbons (Fsp3) is 0. The summed E-state index contributed by atoms with van der Waals surface area (Å²) in [5.41, 5.74) is 0. The molecule has 0 spiro atoms. The van der Waals surface area contributed by atoms with Gasteiger partial charge in [0.25, 0.3) is 0 Å². The second kappa shape index (κ2) is 18.6. The fourth-order valence-electron chi connectivity index (χ4n) is 2.18. The molecule has 0 N–H and O–H groups in total. The summed E-state index contributed by atoms with van der Waals surface area (Å²) in [6.45, 7) is 0. The van der Waals surface area contributed by atoms with Crippen LogP contribution in [-0.4, -0.2) is 0 Å². The predicted octanol–water partition coefficient (Wildman–Crippen LogP) is -2.21. The van der Waals surface area contributed by atoms with Gasteiger partial charge in [0.15, 0.2) is 0 Å². The minimum absolute atomic E-state index is 0. The van der Waals surface area contributed by atoms with E-state index < -0.39 is 23.6 Å². The molecule has 0 saturated heterocycles. The molecule has 0 radical (unpaired) electrons. The van der Waals surface area contributed by atoms with Crippen LogP contribution in [0.25, 0.3) is 0 Å². The SMILES string of the molecule is O=P([O-])([O-])[O-].O=P([O-])([O-])[O-].[Pd+2].[Pd+2].[Pd+2].c1ccc(P(c2ccccc2)c2ccccc2)cc1. The van der Waals surface area contributed by atoms with E-state index in [1.54, 1.807) is 0 Å². The van der Waals surface area contributed by atoms with Gasteiger partial charge < -0.3 is 38.5 Å². The first-order chi connectivity index (χ1) is 13.4. The Bertz CT molecular complexity index is 811. The molecule has 0 unspecified atom stereocenters. The topological polar surface area (TPSA) is 172 Å². The Kier molecular flexibility index (Phi) is 21.4. The van der Waals surface area contributed by atoms with Crippen LogP contribution in [0.1, 0.15) is 0 Å². The van der Waals surface area contributed by atoms with Crippen molar-refractivity contribution in [3.05, 3.63) is 91.0 Å². The summed E-state index contributed by atoms with van der Waals surface area (Å²) in [5, 5.41) is 4.19. The summed E-state index contributed by atoms with van der Waals surface area (Å²) in [6, 6.07) is 32.3. The van der Waals surface area contributed by atoms with Crippen LogP contribution in [0.3, 0.4) is 0 Å². The molecule has 32 heavy (non-hydrogen) atoms. The van der Waals surface area contributed by atoms with E-state index in [1.165, 1.54) is 15.9 Å². The van der Waals surface area contributed by atoms with E-state index in [4.69, 9.17) is 38.5 Å². The minimum atomic E-state index is -5.39. The molecule has 0 aliphatic rings. The Hall–Kier alpha value is 0.297. The molecule has 0 aliphatic carbocycles. The van der Waals surface area contributed by atoms with Gasteiger partial charge in [-0.2, -0.15) is 15.6 Å². The van der Waals surface area contributed by atoms with Gasteiger partial charge in [0, 0.05) is 0 Å². The molecule has 180 valence electrons. The van der Waals surface area contributed by atoms with E-state index >= 15 is 0 Å². The van der Waals surface area contributed by atoms with Crippen molar-refractivity contribution in [1.82, 2.24) is 0 Å². The van der Waals surface area contributed by atoms with Crippen molar-refractivity contribution in [3.8, 4) is 0 Å². The van der Waals surface area contributed by atoms with Crippen molar-refractivity contribution in [1.29, 1.82) is 0 Å². The summed E-state index contributed by atoms with van der Waals surface area (Å²) < 4.78 is 17.1. The fourth-order valence-corrected chi connectivity index (χ4v) is 4.48. The van der Waals surface area contributed by atoms with Crippen LogP contribution in [0.5, 0.6) is 0 Å². The molecule has 0 saturated carbocycles. The Morgan fingerprint density at radius 3 is 0.750 bits per heavy atom. The van der Waals surface area contributed by atoms with E-state index in [1.807, 2.05) is 0 Å². The first-order valence-corrected chi connectivity index (χ1v) is 12.1. The molecule has 3 aromatic rings. The molecular weight excluding hydrogens is 756 g/mol. The monoisotopic (exact) mass is 770 g/mol. The average Bonchev–Trinajstić information content (AvgIpc) is 2.62. The van der Waals surface area contributed by atoms with Gasteiger partial charge in [-0.3, -0.25) is 0 Å². The molecular formula is C18H15O8P3Pd3. The van der Waals surface area contributed by atoms with Gasteiger partial charge in [-0.15, -0.1) is 0 Å². The maximum atomic E-state index is 8.55.